The van der Waals surface area contributed by atoms with Crippen LogP contribution < -0.4 is 4.74 Å². The maximum absolute atomic E-state index is 5.92. The molecular weight excluding hydrogens is 332 g/mol. The molecule has 0 spiro atoms. The van der Waals surface area contributed by atoms with Gasteiger partial charge >= 0.3 is 0 Å². The predicted octanol–water partition coefficient (Wildman–Crippen LogP) is 6.25. The molecule has 3 nitrogen and oxygen atoms in total. The summed E-state index contributed by atoms with van der Waals surface area (Å²) in [6.45, 7) is 3.90. The smallest absolute Gasteiger partial charge is 0.119 e. The summed E-state index contributed by atoms with van der Waals surface area (Å²) in [6.07, 6.45) is 8.83. The van der Waals surface area contributed by atoms with Crippen LogP contribution in [-0.4, -0.2) is 16.2 Å². The maximum atomic E-state index is 5.92. The lowest BCUT2D eigenvalue weighted by Gasteiger charge is -2.22. The van der Waals surface area contributed by atoms with Crippen molar-refractivity contribution in [1.29, 1.82) is 0 Å². The number of imidazole rings is 1. The van der Waals surface area contributed by atoms with Crippen molar-refractivity contribution in [2.75, 3.05) is 6.61 Å². The van der Waals surface area contributed by atoms with E-state index in [1.165, 1.54) is 49.0 Å². The second-order valence-electron chi connectivity index (χ2n) is 7.82. The fourth-order valence-electron chi connectivity index (χ4n) is 4.27. The van der Waals surface area contributed by atoms with Gasteiger partial charge in [0.1, 0.15) is 11.6 Å². The first-order chi connectivity index (χ1) is 13.3. The lowest BCUT2D eigenvalue weighted by Crippen LogP contribution is -2.13. The molecule has 1 saturated carbocycles. The van der Waals surface area contributed by atoms with Gasteiger partial charge in [-0.1, -0.05) is 43.5 Å². The van der Waals surface area contributed by atoms with Crippen molar-refractivity contribution >= 4 is 11.0 Å². The third kappa shape index (κ3) is 4.35. The number of para-hydroxylation sites is 2. The normalized spacial score (nSPS) is 15.3. The maximum Gasteiger partial charge on any atom is 0.119 e. The Kier molecular flexibility index (Phi) is 5.76. The van der Waals surface area contributed by atoms with E-state index in [0.29, 0.717) is 5.92 Å². The Balaban J connectivity index is 1.40. The summed E-state index contributed by atoms with van der Waals surface area (Å²) in [7, 11) is 0. The van der Waals surface area contributed by atoms with E-state index in [1.54, 1.807) is 0 Å². The molecule has 4 rings (SSSR count). The van der Waals surface area contributed by atoms with Crippen LogP contribution in [-0.2, 0) is 6.54 Å². The Morgan fingerprint density at radius 3 is 2.70 bits per heavy atom. The molecule has 2 aromatic carbocycles. The van der Waals surface area contributed by atoms with Crippen molar-refractivity contribution in [2.45, 2.75) is 64.3 Å². The molecule has 1 heterocycles. The fourth-order valence-corrected chi connectivity index (χ4v) is 4.27. The summed E-state index contributed by atoms with van der Waals surface area (Å²) in [5.41, 5.74) is 3.68. The second kappa shape index (κ2) is 8.60. The SMILES string of the molecule is Cc1cccc(OCCCCn2c(C3CCCCC3)nc3ccccc32)c1. The first kappa shape index (κ1) is 18.1. The van der Waals surface area contributed by atoms with E-state index in [1.807, 2.05) is 6.07 Å². The van der Waals surface area contributed by atoms with E-state index in [0.717, 1.165) is 37.3 Å². The van der Waals surface area contributed by atoms with Gasteiger partial charge in [0.2, 0.25) is 0 Å². The molecule has 0 bridgehead atoms. The highest BCUT2D eigenvalue weighted by atomic mass is 16.5. The van der Waals surface area contributed by atoms with Gasteiger partial charge in [0.25, 0.3) is 0 Å². The third-order valence-corrected chi connectivity index (χ3v) is 5.69. The van der Waals surface area contributed by atoms with Crippen LogP contribution in [0.4, 0.5) is 0 Å². The first-order valence-electron chi connectivity index (χ1n) is 10.5. The monoisotopic (exact) mass is 362 g/mol. The van der Waals surface area contributed by atoms with Crippen LogP contribution in [0.3, 0.4) is 0 Å². The Morgan fingerprint density at radius 1 is 1.00 bits per heavy atom. The number of benzene rings is 2. The van der Waals surface area contributed by atoms with E-state index in [9.17, 15) is 0 Å². The first-order valence-corrected chi connectivity index (χ1v) is 10.5. The minimum absolute atomic E-state index is 0.634. The van der Waals surface area contributed by atoms with Crippen LogP contribution in [0, 0.1) is 6.92 Å². The Hall–Kier alpha value is -2.29. The quantitative estimate of drug-likeness (QED) is 0.464. The zero-order chi connectivity index (χ0) is 18.5. The van der Waals surface area contributed by atoms with Crippen molar-refractivity contribution in [3.8, 4) is 5.75 Å². The summed E-state index contributed by atoms with van der Waals surface area (Å²) in [4.78, 5) is 5.02. The van der Waals surface area contributed by atoms with Crippen molar-refractivity contribution < 1.29 is 4.74 Å². The number of hydrogen-bond donors (Lipinski definition) is 0. The standard InChI is InChI=1S/C24H30N2O/c1-19-10-9-13-21(18-19)27-17-8-7-16-26-23-15-6-5-14-22(23)25-24(26)20-11-3-2-4-12-20/h5-6,9-10,13-15,18,20H,2-4,7-8,11-12,16-17H2,1H3. The zero-order valence-corrected chi connectivity index (χ0v) is 16.4. The molecule has 1 aromatic heterocycles. The molecule has 1 aliphatic rings. The number of rotatable bonds is 7. The van der Waals surface area contributed by atoms with Gasteiger partial charge in [-0.3, -0.25) is 0 Å². The van der Waals surface area contributed by atoms with Crippen LogP contribution in [0.25, 0.3) is 11.0 Å². The number of unbranched alkanes of at least 4 members (excludes halogenated alkanes) is 1. The number of hydrogen-bond acceptors (Lipinski definition) is 2. The summed E-state index contributed by atoms with van der Waals surface area (Å²) in [6, 6.07) is 16.9. The summed E-state index contributed by atoms with van der Waals surface area (Å²) in [5, 5.41) is 0. The summed E-state index contributed by atoms with van der Waals surface area (Å²) >= 11 is 0. The van der Waals surface area contributed by atoms with Gasteiger partial charge in [-0.05, 0) is 62.4 Å². The van der Waals surface area contributed by atoms with Crippen LogP contribution in [0.15, 0.2) is 48.5 Å². The molecule has 0 saturated heterocycles. The van der Waals surface area contributed by atoms with Crippen LogP contribution in [0.5, 0.6) is 5.75 Å². The zero-order valence-electron chi connectivity index (χ0n) is 16.4. The van der Waals surface area contributed by atoms with Gasteiger partial charge in [-0.15, -0.1) is 0 Å². The molecule has 0 radical (unpaired) electrons. The van der Waals surface area contributed by atoms with Gasteiger partial charge in [0.15, 0.2) is 0 Å². The van der Waals surface area contributed by atoms with E-state index in [-0.39, 0.29) is 0 Å². The highest BCUT2D eigenvalue weighted by Gasteiger charge is 2.22. The third-order valence-electron chi connectivity index (χ3n) is 5.69. The highest BCUT2D eigenvalue weighted by molar-refractivity contribution is 5.76. The lowest BCUT2D eigenvalue weighted by atomic mass is 9.88. The fraction of sp³-hybridized carbons (Fsp3) is 0.458. The summed E-state index contributed by atoms with van der Waals surface area (Å²) in [5.74, 6) is 2.93. The van der Waals surface area contributed by atoms with Gasteiger partial charge in [-0.2, -0.15) is 0 Å². The molecule has 0 amide bonds. The molecule has 1 fully saturated rings. The molecular formula is C24H30N2O. The molecule has 3 aromatic rings. The van der Waals surface area contributed by atoms with Crippen molar-refractivity contribution in [1.82, 2.24) is 9.55 Å². The van der Waals surface area contributed by atoms with Gasteiger partial charge in [-0.25, -0.2) is 4.98 Å². The van der Waals surface area contributed by atoms with E-state index < -0.39 is 0 Å². The van der Waals surface area contributed by atoms with Gasteiger partial charge in [0.05, 0.1) is 17.6 Å². The number of nitrogens with zero attached hydrogens (tertiary/aromatic N) is 2. The van der Waals surface area contributed by atoms with Crippen LogP contribution in [0.1, 0.15) is 62.3 Å². The van der Waals surface area contributed by atoms with Crippen molar-refractivity contribution in [3.05, 3.63) is 59.9 Å². The Bertz CT molecular complexity index is 877. The van der Waals surface area contributed by atoms with Crippen molar-refractivity contribution in [2.24, 2.45) is 0 Å². The largest absolute Gasteiger partial charge is 0.494 e. The number of ether oxygens (including phenoxy) is 1. The van der Waals surface area contributed by atoms with E-state index in [2.05, 4.69) is 54.0 Å². The van der Waals surface area contributed by atoms with Crippen LogP contribution in [0.2, 0.25) is 0 Å². The second-order valence-corrected chi connectivity index (χ2v) is 7.82. The molecule has 3 heteroatoms. The number of aromatic nitrogens is 2. The summed E-state index contributed by atoms with van der Waals surface area (Å²) < 4.78 is 8.40. The van der Waals surface area contributed by atoms with E-state index in [4.69, 9.17) is 9.72 Å². The number of aryl methyl sites for hydroxylation is 2. The highest BCUT2D eigenvalue weighted by Crippen LogP contribution is 2.34. The van der Waals surface area contributed by atoms with Crippen LogP contribution >= 0.6 is 0 Å². The van der Waals surface area contributed by atoms with Gasteiger partial charge < -0.3 is 9.30 Å². The molecule has 0 aliphatic heterocycles. The molecule has 0 N–H and O–H groups in total. The molecule has 142 valence electrons. The topological polar surface area (TPSA) is 27.1 Å². The minimum atomic E-state index is 0.634. The predicted molar refractivity (Wildman–Crippen MR) is 111 cm³/mol. The molecule has 1 aliphatic carbocycles. The average Bonchev–Trinajstić information content (AvgIpc) is 3.07. The lowest BCUT2D eigenvalue weighted by molar-refractivity contribution is 0.302. The molecule has 0 atom stereocenters. The number of fused-ring (bicyclic) bond motifs is 1. The van der Waals surface area contributed by atoms with Gasteiger partial charge in [0, 0.05) is 12.5 Å². The minimum Gasteiger partial charge on any atom is -0.494 e. The Labute approximate surface area is 162 Å². The molecule has 0 unspecified atom stereocenters. The molecule has 27 heavy (non-hydrogen) atoms. The Morgan fingerprint density at radius 2 is 1.85 bits per heavy atom. The van der Waals surface area contributed by atoms with E-state index >= 15 is 0 Å². The average molecular weight is 363 g/mol. The van der Waals surface area contributed by atoms with Crippen molar-refractivity contribution in [3.63, 3.8) is 0 Å².